The highest BCUT2D eigenvalue weighted by molar-refractivity contribution is 7.91. The first-order chi connectivity index (χ1) is 11.3. The van der Waals surface area contributed by atoms with E-state index < -0.39 is 9.84 Å². The monoisotopic (exact) mass is 351 g/mol. The molecule has 3 heterocycles. The Kier molecular flexibility index (Phi) is 4.29. The molecule has 1 fully saturated rings. The van der Waals surface area contributed by atoms with Gasteiger partial charge in [-0.2, -0.15) is 10.1 Å². The third-order valence-electron chi connectivity index (χ3n) is 4.34. The summed E-state index contributed by atoms with van der Waals surface area (Å²) in [6.07, 6.45) is 1.88. The molecule has 2 aromatic rings. The summed E-state index contributed by atoms with van der Waals surface area (Å²) < 4.78 is 25.1. The summed E-state index contributed by atoms with van der Waals surface area (Å²) in [5.74, 6) is 0.420. The fourth-order valence-corrected chi connectivity index (χ4v) is 4.82. The standard InChI is InChI=1S/C15H21N5O3S/c1-4-19(11-5-6-24(22,23)8-11)14(21)12-7-13(10(2)3)20-15(18-12)16-9-17-20/h7,9-11H,4-6,8H2,1-3H3/t11-/m0/s1. The summed E-state index contributed by atoms with van der Waals surface area (Å²) in [6.45, 7) is 6.30. The van der Waals surface area contributed by atoms with Gasteiger partial charge in [0.25, 0.3) is 11.7 Å². The molecular weight excluding hydrogens is 330 g/mol. The van der Waals surface area contributed by atoms with Crippen LogP contribution in [0.2, 0.25) is 0 Å². The van der Waals surface area contributed by atoms with Gasteiger partial charge in [0.15, 0.2) is 9.84 Å². The van der Waals surface area contributed by atoms with Crippen LogP contribution in [0.15, 0.2) is 12.4 Å². The molecule has 1 atom stereocenters. The van der Waals surface area contributed by atoms with Gasteiger partial charge in [0, 0.05) is 12.6 Å². The minimum absolute atomic E-state index is 0.0246. The van der Waals surface area contributed by atoms with Crippen molar-refractivity contribution in [1.82, 2.24) is 24.5 Å². The van der Waals surface area contributed by atoms with E-state index in [1.54, 1.807) is 15.5 Å². The number of hydrogen-bond donors (Lipinski definition) is 0. The maximum absolute atomic E-state index is 12.9. The Labute approximate surface area is 140 Å². The molecule has 8 nitrogen and oxygen atoms in total. The van der Waals surface area contributed by atoms with Crippen LogP contribution in [-0.2, 0) is 9.84 Å². The Balaban J connectivity index is 1.98. The number of hydrogen-bond acceptors (Lipinski definition) is 6. The Morgan fingerprint density at radius 3 is 2.79 bits per heavy atom. The van der Waals surface area contributed by atoms with E-state index in [-0.39, 0.29) is 35.1 Å². The molecular formula is C15H21N5O3S. The molecule has 2 aromatic heterocycles. The van der Waals surface area contributed by atoms with Gasteiger partial charge in [-0.1, -0.05) is 13.8 Å². The van der Waals surface area contributed by atoms with Crippen molar-refractivity contribution in [2.75, 3.05) is 18.1 Å². The minimum Gasteiger partial charge on any atom is -0.334 e. The van der Waals surface area contributed by atoms with E-state index in [4.69, 9.17) is 0 Å². The van der Waals surface area contributed by atoms with Crippen molar-refractivity contribution in [3.05, 3.63) is 23.8 Å². The molecule has 1 aliphatic rings. The number of carbonyl (C=O) groups is 1. The molecule has 0 bridgehead atoms. The van der Waals surface area contributed by atoms with Crippen molar-refractivity contribution in [3.63, 3.8) is 0 Å². The Hall–Kier alpha value is -2.03. The fourth-order valence-electron chi connectivity index (χ4n) is 3.09. The first-order valence-corrected chi connectivity index (χ1v) is 9.86. The van der Waals surface area contributed by atoms with Crippen LogP contribution in [-0.4, -0.2) is 62.9 Å². The molecule has 0 saturated carbocycles. The molecule has 0 radical (unpaired) electrons. The summed E-state index contributed by atoms with van der Waals surface area (Å²) in [7, 11) is -3.05. The Bertz CT molecular complexity index is 874. The molecule has 0 aromatic carbocycles. The van der Waals surface area contributed by atoms with Crippen LogP contribution in [0.4, 0.5) is 0 Å². The van der Waals surface area contributed by atoms with Gasteiger partial charge in [0.1, 0.15) is 12.0 Å². The predicted molar refractivity (Wildman–Crippen MR) is 88.6 cm³/mol. The quantitative estimate of drug-likeness (QED) is 0.812. The Morgan fingerprint density at radius 2 is 2.21 bits per heavy atom. The maximum atomic E-state index is 12.9. The van der Waals surface area contributed by atoms with Gasteiger partial charge >= 0.3 is 0 Å². The first-order valence-electron chi connectivity index (χ1n) is 8.04. The SMILES string of the molecule is CCN(C(=O)c1cc(C(C)C)n2ncnc2n1)[C@H]1CCS(=O)(=O)C1. The summed E-state index contributed by atoms with van der Waals surface area (Å²) in [4.78, 5) is 22.9. The highest BCUT2D eigenvalue weighted by Gasteiger charge is 2.35. The van der Waals surface area contributed by atoms with Gasteiger partial charge < -0.3 is 4.90 Å². The molecule has 130 valence electrons. The van der Waals surface area contributed by atoms with Crippen LogP contribution >= 0.6 is 0 Å². The summed E-state index contributed by atoms with van der Waals surface area (Å²) in [6, 6.07) is 1.44. The van der Waals surface area contributed by atoms with Crippen molar-refractivity contribution in [3.8, 4) is 0 Å². The van der Waals surface area contributed by atoms with E-state index in [1.165, 1.54) is 6.33 Å². The molecule has 0 unspecified atom stereocenters. The van der Waals surface area contributed by atoms with E-state index in [2.05, 4.69) is 15.1 Å². The second-order valence-corrected chi connectivity index (χ2v) is 8.57. The van der Waals surface area contributed by atoms with Gasteiger partial charge in [-0.25, -0.2) is 17.9 Å². The number of carbonyl (C=O) groups excluding carboxylic acids is 1. The average Bonchev–Trinajstić information content (AvgIpc) is 3.12. The lowest BCUT2D eigenvalue weighted by molar-refractivity contribution is 0.0702. The highest BCUT2D eigenvalue weighted by atomic mass is 32.2. The van der Waals surface area contributed by atoms with Crippen molar-refractivity contribution in [2.24, 2.45) is 0 Å². The van der Waals surface area contributed by atoms with E-state index >= 15 is 0 Å². The number of rotatable bonds is 4. The summed E-state index contributed by atoms with van der Waals surface area (Å²) >= 11 is 0. The summed E-state index contributed by atoms with van der Waals surface area (Å²) in [5, 5.41) is 4.14. The zero-order chi connectivity index (χ0) is 17.5. The van der Waals surface area contributed by atoms with E-state index in [9.17, 15) is 13.2 Å². The third kappa shape index (κ3) is 3.00. The maximum Gasteiger partial charge on any atom is 0.272 e. The fraction of sp³-hybridized carbons (Fsp3) is 0.600. The number of fused-ring (bicyclic) bond motifs is 1. The lowest BCUT2D eigenvalue weighted by Gasteiger charge is -2.26. The largest absolute Gasteiger partial charge is 0.334 e. The van der Waals surface area contributed by atoms with E-state index in [0.29, 0.717) is 18.7 Å². The number of nitrogens with zero attached hydrogens (tertiary/aromatic N) is 5. The number of aromatic nitrogens is 4. The smallest absolute Gasteiger partial charge is 0.272 e. The zero-order valence-corrected chi connectivity index (χ0v) is 14.8. The van der Waals surface area contributed by atoms with E-state index in [1.807, 2.05) is 20.8 Å². The van der Waals surface area contributed by atoms with Crippen LogP contribution in [0.1, 0.15) is 49.3 Å². The molecule has 3 rings (SSSR count). The van der Waals surface area contributed by atoms with Crippen LogP contribution in [0.5, 0.6) is 0 Å². The molecule has 1 amide bonds. The lowest BCUT2D eigenvalue weighted by Crippen LogP contribution is -2.41. The van der Waals surface area contributed by atoms with Crippen LogP contribution in [0.3, 0.4) is 0 Å². The first kappa shape index (κ1) is 16.8. The molecule has 0 spiro atoms. The minimum atomic E-state index is -3.05. The average molecular weight is 351 g/mol. The van der Waals surface area contributed by atoms with Crippen molar-refractivity contribution in [2.45, 2.75) is 39.2 Å². The molecule has 0 aliphatic carbocycles. The highest BCUT2D eigenvalue weighted by Crippen LogP contribution is 2.21. The molecule has 0 N–H and O–H groups in total. The van der Waals surface area contributed by atoms with Gasteiger partial charge in [0.2, 0.25) is 0 Å². The lowest BCUT2D eigenvalue weighted by atomic mass is 10.1. The third-order valence-corrected chi connectivity index (χ3v) is 6.09. The van der Waals surface area contributed by atoms with Gasteiger partial charge in [-0.3, -0.25) is 4.79 Å². The number of sulfone groups is 1. The van der Waals surface area contributed by atoms with E-state index in [0.717, 1.165) is 5.69 Å². The van der Waals surface area contributed by atoms with Crippen LogP contribution in [0, 0.1) is 0 Å². The van der Waals surface area contributed by atoms with Crippen LogP contribution in [0.25, 0.3) is 5.78 Å². The second kappa shape index (κ2) is 6.12. The molecule has 9 heteroatoms. The van der Waals surface area contributed by atoms with Gasteiger partial charge in [-0.05, 0) is 25.3 Å². The molecule has 24 heavy (non-hydrogen) atoms. The second-order valence-electron chi connectivity index (χ2n) is 6.34. The Morgan fingerprint density at radius 1 is 1.46 bits per heavy atom. The van der Waals surface area contributed by atoms with Crippen molar-refractivity contribution < 1.29 is 13.2 Å². The van der Waals surface area contributed by atoms with Gasteiger partial charge in [0.05, 0.1) is 17.2 Å². The molecule has 1 aliphatic heterocycles. The van der Waals surface area contributed by atoms with Crippen LogP contribution < -0.4 is 0 Å². The van der Waals surface area contributed by atoms with Crippen molar-refractivity contribution in [1.29, 1.82) is 0 Å². The van der Waals surface area contributed by atoms with Gasteiger partial charge in [-0.15, -0.1) is 0 Å². The topological polar surface area (TPSA) is 97.5 Å². The normalized spacial score (nSPS) is 19.9. The molecule has 1 saturated heterocycles. The zero-order valence-electron chi connectivity index (χ0n) is 14.0. The summed E-state index contributed by atoms with van der Waals surface area (Å²) in [5.41, 5.74) is 1.13. The van der Waals surface area contributed by atoms with Crippen molar-refractivity contribution >= 4 is 21.5 Å². The predicted octanol–water partition coefficient (Wildman–Crippen LogP) is 0.897. The number of amides is 1.